The van der Waals surface area contributed by atoms with Gasteiger partial charge in [-0.1, -0.05) is 35.5 Å². The third-order valence-corrected chi connectivity index (χ3v) is 8.38. The molecule has 37 heavy (non-hydrogen) atoms. The van der Waals surface area contributed by atoms with E-state index in [1.165, 1.54) is 10.9 Å². The Hall–Kier alpha value is -3.56. The lowest BCUT2D eigenvalue weighted by Gasteiger charge is -2.33. The van der Waals surface area contributed by atoms with Gasteiger partial charge in [-0.15, -0.1) is 5.10 Å². The molecule has 190 valence electrons. The Morgan fingerprint density at radius 2 is 1.86 bits per heavy atom. The van der Waals surface area contributed by atoms with Crippen LogP contribution in [0.1, 0.15) is 34.3 Å². The van der Waals surface area contributed by atoms with Crippen molar-refractivity contribution < 1.29 is 17.3 Å². The minimum Gasteiger partial charge on any atom is -0.381 e. The predicted molar refractivity (Wildman–Crippen MR) is 143 cm³/mol. The normalized spacial score (nSPS) is 17.5. The predicted octanol–water partition coefficient (Wildman–Crippen LogP) is 4.71. The van der Waals surface area contributed by atoms with Gasteiger partial charge in [0.2, 0.25) is 0 Å². The summed E-state index contributed by atoms with van der Waals surface area (Å²) in [7, 11) is -1.81. The van der Waals surface area contributed by atoms with Crippen molar-refractivity contribution in [2.75, 3.05) is 19.5 Å². The summed E-state index contributed by atoms with van der Waals surface area (Å²) in [6, 6.07) is 17.1. The zero-order valence-electron chi connectivity index (χ0n) is 23.6. The van der Waals surface area contributed by atoms with Crippen LogP contribution in [0.4, 0.5) is 0 Å². The second-order valence-corrected chi connectivity index (χ2v) is 11.6. The fraction of sp³-hybridized carbons (Fsp3) is 0.321. The van der Waals surface area contributed by atoms with Crippen LogP contribution in [0.5, 0.6) is 0 Å². The molecule has 0 bridgehead atoms. The van der Waals surface area contributed by atoms with Crippen molar-refractivity contribution in [2.45, 2.75) is 30.6 Å². The summed E-state index contributed by atoms with van der Waals surface area (Å²) >= 11 is 0. The Bertz CT molecular complexity index is 1830. The van der Waals surface area contributed by atoms with Gasteiger partial charge in [-0.3, -0.25) is 4.98 Å². The Morgan fingerprint density at radius 3 is 2.59 bits per heavy atom. The van der Waals surface area contributed by atoms with E-state index in [1.807, 2.05) is 30.3 Å². The minimum absolute atomic E-state index is 0.0952. The maximum atomic E-state index is 12.6. The van der Waals surface area contributed by atoms with Crippen LogP contribution in [0.25, 0.3) is 33.2 Å². The molecule has 0 aliphatic carbocycles. The summed E-state index contributed by atoms with van der Waals surface area (Å²) in [5.74, 6) is 0.219. The first-order valence-electron chi connectivity index (χ1n) is 13.7. The van der Waals surface area contributed by atoms with Gasteiger partial charge >= 0.3 is 0 Å². The number of hydrogen-bond donors (Lipinski definition) is 0. The second kappa shape index (κ2) is 9.08. The van der Waals surface area contributed by atoms with E-state index in [1.54, 1.807) is 25.4 Å². The summed E-state index contributed by atoms with van der Waals surface area (Å²) in [4.78, 5) is 5.04. The summed E-state index contributed by atoms with van der Waals surface area (Å²) < 4.78 is 58.5. The summed E-state index contributed by atoms with van der Waals surface area (Å²) in [6.07, 6.45) is 4.52. The van der Waals surface area contributed by atoms with Crippen LogP contribution in [0.3, 0.4) is 0 Å². The lowest BCUT2D eigenvalue weighted by molar-refractivity contribution is 0.0553. The van der Waals surface area contributed by atoms with E-state index in [9.17, 15) is 8.42 Å². The Morgan fingerprint density at radius 1 is 1.08 bits per heavy atom. The lowest BCUT2D eigenvalue weighted by Crippen LogP contribution is -2.27. The van der Waals surface area contributed by atoms with Crippen LogP contribution < -0.4 is 0 Å². The second-order valence-electron chi connectivity index (χ2n) is 9.63. The molecule has 0 radical (unpaired) electrons. The van der Waals surface area contributed by atoms with Gasteiger partial charge in [0.25, 0.3) is 0 Å². The van der Waals surface area contributed by atoms with E-state index in [2.05, 4.69) is 27.0 Å². The van der Waals surface area contributed by atoms with E-state index in [0.29, 0.717) is 30.0 Å². The van der Waals surface area contributed by atoms with Gasteiger partial charge < -0.3 is 9.30 Å². The van der Waals surface area contributed by atoms with Crippen LogP contribution in [0.2, 0.25) is 0 Å². The Kier molecular flexibility index (Phi) is 5.03. The molecule has 8 nitrogen and oxygen atoms in total. The van der Waals surface area contributed by atoms with Crippen LogP contribution in [0, 0.1) is 12.8 Å². The van der Waals surface area contributed by atoms with E-state index in [-0.39, 0.29) is 22.5 Å². The monoisotopic (exact) mass is 518 g/mol. The number of pyridine rings is 1. The third-order valence-electron chi connectivity index (χ3n) is 7.27. The fourth-order valence-electron chi connectivity index (χ4n) is 5.54. The number of rotatable bonds is 5. The van der Waals surface area contributed by atoms with Gasteiger partial charge in [0, 0.05) is 47.8 Å². The highest BCUT2D eigenvalue weighted by Gasteiger charge is 2.30. The molecule has 3 aromatic heterocycles. The van der Waals surface area contributed by atoms with Crippen LogP contribution in [-0.4, -0.2) is 52.4 Å². The highest BCUT2D eigenvalue weighted by molar-refractivity contribution is 7.90. The molecule has 0 unspecified atom stereocenters. The molecule has 9 heteroatoms. The third kappa shape index (κ3) is 4.12. The molecule has 5 aromatic rings. The van der Waals surface area contributed by atoms with Crippen LogP contribution in [-0.2, 0) is 21.6 Å². The maximum absolute atomic E-state index is 12.6. The molecule has 2 aromatic carbocycles. The minimum atomic E-state index is -3.47. The fourth-order valence-corrected chi connectivity index (χ4v) is 6.18. The van der Waals surface area contributed by atoms with Gasteiger partial charge in [-0.05, 0) is 55.4 Å². The molecule has 0 N–H and O–H groups in total. The van der Waals surface area contributed by atoms with E-state index >= 15 is 0 Å². The van der Waals surface area contributed by atoms with E-state index in [0.717, 1.165) is 34.8 Å². The van der Waals surface area contributed by atoms with Crippen molar-refractivity contribution in [1.82, 2.24) is 24.5 Å². The highest BCUT2D eigenvalue weighted by Crippen LogP contribution is 2.41. The topological polar surface area (TPSA) is 91.9 Å². The first kappa shape index (κ1) is 20.5. The van der Waals surface area contributed by atoms with Crippen LogP contribution in [0.15, 0.2) is 65.7 Å². The number of ether oxygens (including phenoxy) is 1. The average molecular weight is 519 g/mol. The lowest BCUT2D eigenvalue weighted by atomic mass is 9.86. The van der Waals surface area contributed by atoms with Gasteiger partial charge in [-0.25, -0.2) is 13.1 Å². The zero-order chi connectivity index (χ0) is 28.2. The first-order chi connectivity index (χ1) is 19.0. The smallest absolute Gasteiger partial charge is 0.175 e. The molecular formula is C28H29N5O3S. The number of aryl methyl sites for hydroxylation is 2. The standard InChI is InChI=1S/C28H29N5O3S/c1-18-27(32(2)31-30-18)21-15-25-26(29-17-21)23-10-9-22(37(3,34)35)16-24(23)33(25)28(19-7-5-4-6-8-19)20-11-13-36-14-12-20/h4-10,15-17,20,28H,11-14H2,1-3H3/t28-/m1/s1/i1D3. The molecule has 0 saturated carbocycles. The van der Waals surface area contributed by atoms with Gasteiger partial charge in [0.15, 0.2) is 9.84 Å². The number of hydrogen-bond acceptors (Lipinski definition) is 6. The van der Waals surface area contributed by atoms with Crippen LogP contribution >= 0.6 is 0 Å². The Balaban J connectivity index is 1.70. The maximum Gasteiger partial charge on any atom is 0.175 e. The van der Waals surface area contributed by atoms with Gasteiger partial charge in [0.05, 0.1) is 38.9 Å². The van der Waals surface area contributed by atoms with E-state index < -0.39 is 16.7 Å². The summed E-state index contributed by atoms with van der Waals surface area (Å²) in [6.45, 7) is -1.16. The van der Waals surface area contributed by atoms with Crippen molar-refractivity contribution in [1.29, 1.82) is 0 Å². The average Bonchev–Trinajstić information content (AvgIpc) is 3.47. The molecule has 1 atom stereocenters. The number of sulfone groups is 1. The molecule has 4 heterocycles. The zero-order valence-corrected chi connectivity index (χ0v) is 21.4. The van der Waals surface area contributed by atoms with Crippen molar-refractivity contribution in [2.24, 2.45) is 13.0 Å². The number of fused-ring (bicyclic) bond motifs is 3. The first-order valence-corrected chi connectivity index (χ1v) is 14.1. The van der Waals surface area contributed by atoms with Gasteiger partial charge in [0.1, 0.15) is 0 Å². The molecule has 0 amide bonds. The molecule has 0 spiro atoms. The Labute approximate surface area is 220 Å². The molecule has 6 rings (SSSR count). The van der Waals surface area contributed by atoms with Crippen molar-refractivity contribution in [3.63, 3.8) is 0 Å². The van der Waals surface area contributed by atoms with Crippen molar-refractivity contribution in [3.8, 4) is 11.3 Å². The highest BCUT2D eigenvalue weighted by atomic mass is 32.2. The molecule has 1 saturated heterocycles. The quantitative estimate of drug-likeness (QED) is 0.335. The van der Waals surface area contributed by atoms with E-state index in [4.69, 9.17) is 13.8 Å². The van der Waals surface area contributed by atoms with Crippen molar-refractivity contribution in [3.05, 3.63) is 72.1 Å². The van der Waals surface area contributed by atoms with Gasteiger partial charge in [-0.2, -0.15) is 0 Å². The van der Waals surface area contributed by atoms with Crippen molar-refractivity contribution >= 4 is 31.8 Å². The number of benzene rings is 2. The summed E-state index contributed by atoms with van der Waals surface area (Å²) in [5.41, 5.74) is 4.16. The molecule has 1 fully saturated rings. The number of aromatic nitrogens is 5. The molecular weight excluding hydrogens is 486 g/mol. The summed E-state index contributed by atoms with van der Waals surface area (Å²) in [5, 5.41) is 8.75. The SMILES string of the molecule is [2H]C([2H])([2H])c1nnn(C)c1-c1cnc2c3ccc(S(C)(=O)=O)cc3n([C@H](c3ccccc3)C3CCOCC3)c2c1. The largest absolute Gasteiger partial charge is 0.381 e. The molecule has 1 aliphatic heterocycles. The molecule has 1 aliphatic rings. The number of nitrogens with zero attached hydrogens (tertiary/aromatic N) is 5.